The van der Waals surface area contributed by atoms with Crippen molar-refractivity contribution in [2.75, 3.05) is 12.3 Å². The fourth-order valence-electron chi connectivity index (χ4n) is 1.53. The third-order valence-electron chi connectivity index (χ3n) is 2.66. The molecule has 0 radical (unpaired) electrons. The van der Waals surface area contributed by atoms with Crippen LogP contribution in [-0.2, 0) is 10.0 Å². The number of nitro groups is 1. The summed E-state index contributed by atoms with van der Waals surface area (Å²) in [4.78, 5) is 9.81. The molecule has 0 atom stereocenters. The summed E-state index contributed by atoms with van der Waals surface area (Å²) < 4.78 is 26.6. The maximum atomic E-state index is 12.1. The smallest absolute Gasteiger partial charge is 0.271 e. The first-order chi connectivity index (χ1) is 9.03. The minimum absolute atomic E-state index is 0.00351. The SMILES string of the molecule is CC(C)(C)CCNS(=O)(=O)c1ccc([N+](=O)[O-])cc1N. The van der Waals surface area contributed by atoms with E-state index in [1.807, 2.05) is 20.8 Å². The number of non-ortho nitro benzene ring substituents is 1. The maximum absolute atomic E-state index is 12.1. The van der Waals surface area contributed by atoms with Gasteiger partial charge in [0.2, 0.25) is 10.0 Å². The van der Waals surface area contributed by atoms with Gasteiger partial charge >= 0.3 is 0 Å². The van der Waals surface area contributed by atoms with Crippen molar-refractivity contribution in [1.82, 2.24) is 4.72 Å². The summed E-state index contributed by atoms with van der Waals surface area (Å²) in [7, 11) is -3.75. The number of nitrogens with zero attached hydrogens (tertiary/aromatic N) is 1. The number of benzene rings is 1. The van der Waals surface area contributed by atoms with E-state index in [2.05, 4.69) is 4.72 Å². The van der Waals surface area contributed by atoms with E-state index >= 15 is 0 Å². The predicted octanol–water partition coefficient (Wildman–Crippen LogP) is 1.89. The zero-order chi connectivity index (χ0) is 15.6. The number of sulfonamides is 1. The monoisotopic (exact) mass is 301 g/mol. The van der Waals surface area contributed by atoms with Crippen LogP contribution < -0.4 is 10.5 Å². The van der Waals surface area contributed by atoms with Gasteiger partial charge in [-0.05, 0) is 17.9 Å². The van der Waals surface area contributed by atoms with Crippen molar-refractivity contribution in [1.29, 1.82) is 0 Å². The van der Waals surface area contributed by atoms with Crippen LogP contribution in [0, 0.1) is 15.5 Å². The second kappa shape index (κ2) is 5.76. The lowest BCUT2D eigenvalue weighted by Gasteiger charge is -2.18. The second-order valence-electron chi connectivity index (χ2n) is 5.69. The van der Waals surface area contributed by atoms with E-state index in [-0.39, 0.29) is 28.2 Å². The van der Waals surface area contributed by atoms with E-state index in [1.54, 1.807) is 0 Å². The lowest BCUT2D eigenvalue weighted by Crippen LogP contribution is -2.28. The largest absolute Gasteiger partial charge is 0.397 e. The fourth-order valence-corrected chi connectivity index (χ4v) is 2.68. The Morgan fingerprint density at radius 3 is 2.40 bits per heavy atom. The highest BCUT2D eigenvalue weighted by atomic mass is 32.2. The number of hydrogen-bond acceptors (Lipinski definition) is 5. The molecule has 0 fully saturated rings. The first-order valence-corrected chi connectivity index (χ1v) is 7.55. The molecule has 0 heterocycles. The third-order valence-corrected chi connectivity index (χ3v) is 4.20. The number of nitrogen functional groups attached to an aromatic ring is 1. The summed E-state index contributed by atoms with van der Waals surface area (Å²) in [6.07, 6.45) is 0.666. The molecular formula is C12H19N3O4S. The molecule has 0 aliphatic rings. The molecule has 1 aromatic carbocycles. The number of nitro benzene ring substituents is 1. The van der Waals surface area contributed by atoms with E-state index < -0.39 is 14.9 Å². The molecular weight excluding hydrogens is 282 g/mol. The highest BCUT2D eigenvalue weighted by molar-refractivity contribution is 7.89. The number of anilines is 1. The van der Waals surface area contributed by atoms with Gasteiger partial charge < -0.3 is 5.73 Å². The minimum atomic E-state index is -3.75. The Hall–Kier alpha value is -1.67. The van der Waals surface area contributed by atoms with Crippen LogP contribution in [0.25, 0.3) is 0 Å². The topological polar surface area (TPSA) is 115 Å². The van der Waals surface area contributed by atoms with Gasteiger partial charge in [-0.15, -0.1) is 0 Å². The predicted molar refractivity (Wildman–Crippen MR) is 76.8 cm³/mol. The zero-order valence-electron chi connectivity index (χ0n) is 11.7. The van der Waals surface area contributed by atoms with Gasteiger partial charge in [0, 0.05) is 18.7 Å². The van der Waals surface area contributed by atoms with Gasteiger partial charge in [0.15, 0.2) is 0 Å². The Morgan fingerprint density at radius 1 is 1.35 bits per heavy atom. The zero-order valence-corrected chi connectivity index (χ0v) is 12.5. The lowest BCUT2D eigenvalue weighted by atomic mass is 9.93. The molecule has 3 N–H and O–H groups in total. The van der Waals surface area contributed by atoms with Gasteiger partial charge in [-0.25, -0.2) is 13.1 Å². The summed E-state index contributed by atoms with van der Waals surface area (Å²) in [5, 5.41) is 10.6. The van der Waals surface area contributed by atoms with E-state index in [0.717, 1.165) is 18.2 Å². The molecule has 0 aliphatic heterocycles. The van der Waals surface area contributed by atoms with E-state index in [4.69, 9.17) is 5.73 Å². The van der Waals surface area contributed by atoms with E-state index in [9.17, 15) is 18.5 Å². The number of nitrogens with one attached hydrogen (secondary N) is 1. The molecule has 1 rings (SSSR count). The van der Waals surface area contributed by atoms with E-state index in [1.165, 1.54) is 0 Å². The molecule has 8 heteroatoms. The number of nitrogens with two attached hydrogens (primary N) is 1. The number of rotatable bonds is 5. The Bertz CT molecular complexity index is 606. The van der Waals surface area contributed by atoms with Gasteiger partial charge in [-0.2, -0.15) is 0 Å². The van der Waals surface area contributed by atoms with Crippen molar-refractivity contribution >= 4 is 21.4 Å². The molecule has 0 bridgehead atoms. The van der Waals surface area contributed by atoms with Crippen molar-refractivity contribution in [3.63, 3.8) is 0 Å². The van der Waals surface area contributed by atoms with Gasteiger partial charge in [0.25, 0.3) is 5.69 Å². The summed E-state index contributed by atoms with van der Waals surface area (Å²) in [6.45, 7) is 6.28. The van der Waals surface area contributed by atoms with Crippen LogP contribution in [0.3, 0.4) is 0 Å². The minimum Gasteiger partial charge on any atom is -0.397 e. The highest BCUT2D eigenvalue weighted by Gasteiger charge is 2.20. The molecule has 112 valence electrons. The van der Waals surface area contributed by atoms with Gasteiger partial charge in [-0.1, -0.05) is 20.8 Å². The highest BCUT2D eigenvalue weighted by Crippen LogP contribution is 2.24. The molecule has 0 aliphatic carbocycles. The molecule has 20 heavy (non-hydrogen) atoms. The van der Waals surface area contributed by atoms with Gasteiger partial charge in [0.05, 0.1) is 10.6 Å². The van der Waals surface area contributed by atoms with Crippen LogP contribution in [0.5, 0.6) is 0 Å². The van der Waals surface area contributed by atoms with Crippen LogP contribution in [0.4, 0.5) is 11.4 Å². The summed E-state index contributed by atoms with van der Waals surface area (Å²) in [5.74, 6) is 0. The van der Waals surface area contributed by atoms with E-state index in [0.29, 0.717) is 6.42 Å². The maximum Gasteiger partial charge on any atom is 0.271 e. The Balaban J connectivity index is 2.91. The molecule has 0 unspecified atom stereocenters. The van der Waals surface area contributed by atoms with Gasteiger partial charge in [0.1, 0.15) is 4.90 Å². The standard InChI is InChI=1S/C12H19N3O4S/c1-12(2,3)6-7-14-20(18,19)11-5-4-9(15(16)17)8-10(11)13/h4-5,8,14H,6-7,13H2,1-3H3. The molecule has 7 nitrogen and oxygen atoms in total. The molecule has 0 aromatic heterocycles. The summed E-state index contributed by atoms with van der Waals surface area (Å²) >= 11 is 0. The molecule has 0 amide bonds. The third kappa shape index (κ3) is 4.46. The van der Waals surface area contributed by atoms with Crippen molar-refractivity contribution in [3.8, 4) is 0 Å². The van der Waals surface area contributed by atoms with Crippen LogP contribution in [0.1, 0.15) is 27.2 Å². The molecule has 1 aromatic rings. The van der Waals surface area contributed by atoms with Crippen molar-refractivity contribution in [3.05, 3.63) is 28.3 Å². The van der Waals surface area contributed by atoms with Crippen LogP contribution in [0.2, 0.25) is 0 Å². The van der Waals surface area contributed by atoms with Crippen LogP contribution in [0.15, 0.2) is 23.1 Å². The van der Waals surface area contributed by atoms with Crippen molar-refractivity contribution in [2.45, 2.75) is 32.1 Å². The Labute approximate surface area is 118 Å². The average molecular weight is 301 g/mol. The quantitative estimate of drug-likeness (QED) is 0.489. The fraction of sp³-hybridized carbons (Fsp3) is 0.500. The lowest BCUT2D eigenvalue weighted by molar-refractivity contribution is -0.384. The van der Waals surface area contributed by atoms with Crippen molar-refractivity contribution in [2.24, 2.45) is 5.41 Å². The molecule has 0 spiro atoms. The normalized spacial score (nSPS) is 12.3. The summed E-state index contributed by atoms with van der Waals surface area (Å²) in [5.41, 5.74) is 5.21. The molecule has 0 saturated heterocycles. The van der Waals surface area contributed by atoms with Crippen LogP contribution >= 0.6 is 0 Å². The molecule has 0 saturated carbocycles. The first kappa shape index (κ1) is 16.4. The van der Waals surface area contributed by atoms with Crippen molar-refractivity contribution < 1.29 is 13.3 Å². The second-order valence-corrected chi connectivity index (χ2v) is 7.42. The number of hydrogen-bond donors (Lipinski definition) is 2. The summed E-state index contributed by atoms with van der Waals surface area (Å²) in [6, 6.07) is 3.31. The Morgan fingerprint density at radius 2 is 1.95 bits per heavy atom. The van der Waals surface area contributed by atoms with Gasteiger partial charge in [-0.3, -0.25) is 10.1 Å². The Kier molecular flexibility index (Phi) is 4.72. The average Bonchev–Trinajstić information content (AvgIpc) is 2.26. The first-order valence-electron chi connectivity index (χ1n) is 6.06. The van der Waals surface area contributed by atoms with Crippen LogP contribution in [-0.4, -0.2) is 19.9 Å².